The molecule has 0 bridgehead atoms. The Labute approximate surface area is 337 Å². The quantitative estimate of drug-likeness (QED) is 0.162. The van der Waals surface area contributed by atoms with E-state index in [0.29, 0.717) is 0 Å². The van der Waals surface area contributed by atoms with Crippen molar-refractivity contribution in [3.8, 4) is 44.5 Å². The fraction of sp³-hybridized carbons (Fsp3) is 0. The first-order valence-corrected chi connectivity index (χ1v) is 19.8. The van der Waals surface area contributed by atoms with Gasteiger partial charge in [0.1, 0.15) is 11.2 Å². The van der Waals surface area contributed by atoms with Crippen LogP contribution in [0.5, 0.6) is 0 Å². The van der Waals surface area contributed by atoms with Crippen molar-refractivity contribution in [2.24, 2.45) is 0 Å². The van der Waals surface area contributed by atoms with Gasteiger partial charge in [0.05, 0.1) is 5.69 Å². The van der Waals surface area contributed by atoms with Crippen LogP contribution in [0.3, 0.4) is 0 Å². The summed E-state index contributed by atoms with van der Waals surface area (Å²) < 4.78 is 6.16. The molecule has 0 aliphatic carbocycles. The first-order valence-electron chi connectivity index (χ1n) is 19.8. The van der Waals surface area contributed by atoms with Gasteiger partial charge in [-0.05, 0) is 109 Å². The number of benzene rings is 10. The number of furan rings is 1. The highest BCUT2D eigenvalue weighted by atomic mass is 16.3. The number of anilines is 3. The molecule has 0 N–H and O–H groups in total. The zero-order valence-corrected chi connectivity index (χ0v) is 31.7. The maximum atomic E-state index is 6.16. The van der Waals surface area contributed by atoms with E-state index >= 15 is 0 Å². The van der Waals surface area contributed by atoms with Crippen molar-refractivity contribution < 1.29 is 4.42 Å². The summed E-state index contributed by atoms with van der Waals surface area (Å²) in [5.41, 5.74) is 14.6. The van der Waals surface area contributed by atoms with E-state index in [0.717, 1.165) is 55.7 Å². The lowest BCUT2D eigenvalue weighted by molar-refractivity contribution is 0.669. The van der Waals surface area contributed by atoms with Crippen LogP contribution in [0.15, 0.2) is 229 Å². The Hall–Kier alpha value is -7.68. The molecule has 2 nitrogen and oxygen atoms in total. The van der Waals surface area contributed by atoms with Crippen molar-refractivity contribution in [2.75, 3.05) is 4.90 Å². The summed E-state index contributed by atoms with van der Waals surface area (Å²) in [4.78, 5) is 2.43. The molecule has 0 atom stereocenters. The Bertz CT molecular complexity index is 3260. The van der Waals surface area contributed by atoms with Crippen LogP contribution in [0.1, 0.15) is 0 Å². The lowest BCUT2D eigenvalue weighted by atomic mass is 9.91. The minimum absolute atomic E-state index is 0.902. The fourth-order valence-electron chi connectivity index (χ4n) is 8.62. The zero-order chi connectivity index (χ0) is 38.4. The van der Waals surface area contributed by atoms with Crippen molar-refractivity contribution in [3.63, 3.8) is 0 Å². The highest BCUT2D eigenvalue weighted by Gasteiger charge is 2.21. The van der Waals surface area contributed by atoms with Crippen LogP contribution in [-0.2, 0) is 0 Å². The fourth-order valence-corrected chi connectivity index (χ4v) is 8.62. The highest BCUT2D eigenvalue weighted by Crippen LogP contribution is 2.47. The molecule has 11 aromatic rings. The van der Waals surface area contributed by atoms with Gasteiger partial charge in [-0.2, -0.15) is 0 Å². The van der Waals surface area contributed by atoms with Crippen LogP contribution in [0.4, 0.5) is 17.1 Å². The maximum absolute atomic E-state index is 6.16. The van der Waals surface area contributed by atoms with Gasteiger partial charge < -0.3 is 9.32 Å². The molecule has 10 aromatic carbocycles. The van der Waals surface area contributed by atoms with Crippen molar-refractivity contribution in [3.05, 3.63) is 224 Å². The third-order valence-electron chi connectivity index (χ3n) is 11.5. The minimum Gasteiger partial charge on any atom is -0.456 e. The average Bonchev–Trinajstić information content (AvgIpc) is 3.68. The molecular formula is C56H37NO. The van der Waals surface area contributed by atoms with Gasteiger partial charge in [0.15, 0.2) is 0 Å². The summed E-state index contributed by atoms with van der Waals surface area (Å²) in [6, 6.07) is 80.9. The number of hydrogen-bond donors (Lipinski definition) is 0. The van der Waals surface area contributed by atoms with E-state index in [9.17, 15) is 0 Å². The highest BCUT2D eigenvalue weighted by molar-refractivity contribution is 6.11. The molecule has 0 saturated carbocycles. The Balaban J connectivity index is 1.09. The molecule has 0 radical (unpaired) electrons. The predicted octanol–water partition coefficient (Wildman–Crippen LogP) is 16.0. The first kappa shape index (κ1) is 33.6. The molecule has 0 amide bonds. The number of hydrogen-bond acceptors (Lipinski definition) is 2. The molecule has 0 aliphatic rings. The maximum Gasteiger partial charge on any atom is 0.135 e. The van der Waals surface area contributed by atoms with Gasteiger partial charge in [-0.25, -0.2) is 0 Å². The molecule has 0 unspecified atom stereocenters. The van der Waals surface area contributed by atoms with Crippen molar-refractivity contribution in [1.82, 2.24) is 0 Å². The zero-order valence-electron chi connectivity index (χ0n) is 31.7. The summed E-state index contributed by atoms with van der Waals surface area (Å²) in [5, 5.41) is 7.13. The molecule has 2 heteroatoms. The second-order valence-corrected chi connectivity index (χ2v) is 14.9. The Morgan fingerprint density at radius 3 is 1.62 bits per heavy atom. The monoisotopic (exact) mass is 739 g/mol. The Kier molecular flexibility index (Phi) is 8.19. The summed E-state index contributed by atoms with van der Waals surface area (Å²) in [5.74, 6) is 0. The smallest absolute Gasteiger partial charge is 0.135 e. The molecular weight excluding hydrogens is 703 g/mol. The summed E-state index contributed by atoms with van der Waals surface area (Å²) >= 11 is 0. The summed E-state index contributed by atoms with van der Waals surface area (Å²) in [6.07, 6.45) is 0. The van der Waals surface area contributed by atoms with Gasteiger partial charge >= 0.3 is 0 Å². The molecule has 0 spiro atoms. The lowest BCUT2D eigenvalue weighted by Gasteiger charge is -2.29. The number of para-hydroxylation sites is 1. The van der Waals surface area contributed by atoms with E-state index in [-0.39, 0.29) is 0 Å². The second-order valence-electron chi connectivity index (χ2n) is 14.9. The predicted molar refractivity (Wildman–Crippen MR) is 245 cm³/mol. The van der Waals surface area contributed by atoms with Gasteiger partial charge in [0.2, 0.25) is 0 Å². The Morgan fingerprint density at radius 1 is 0.293 bits per heavy atom. The Morgan fingerprint density at radius 2 is 0.828 bits per heavy atom. The van der Waals surface area contributed by atoms with Crippen LogP contribution < -0.4 is 4.90 Å². The van der Waals surface area contributed by atoms with E-state index in [2.05, 4.69) is 217 Å². The van der Waals surface area contributed by atoms with Crippen LogP contribution in [0, 0.1) is 0 Å². The van der Waals surface area contributed by atoms with Gasteiger partial charge in [-0.15, -0.1) is 0 Å². The van der Waals surface area contributed by atoms with Crippen LogP contribution in [0.25, 0.3) is 88.0 Å². The summed E-state index contributed by atoms with van der Waals surface area (Å²) in [6.45, 7) is 0. The molecule has 0 aliphatic heterocycles. The molecule has 11 rings (SSSR count). The van der Waals surface area contributed by atoms with E-state index in [1.54, 1.807) is 0 Å². The van der Waals surface area contributed by atoms with Gasteiger partial charge in [0.25, 0.3) is 0 Å². The van der Waals surface area contributed by atoms with Crippen molar-refractivity contribution in [2.45, 2.75) is 0 Å². The molecule has 0 saturated heterocycles. The molecule has 1 aromatic heterocycles. The summed E-state index contributed by atoms with van der Waals surface area (Å²) in [7, 11) is 0. The number of rotatable bonds is 7. The normalized spacial score (nSPS) is 11.4. The molecule has 1 heterocycles. The SMILES string of the molecule is c1ccc(-c2ccc(-c3cccc(N(c4ccc(-c5ccc6oc7ccccc7c6c5)cc4)c4ccc5ccccc5c4-c4cccc5ccccc45)c3)cc2)cc1. The minimum atomic E-state index is 0.902. The van der Waals surface area contributed by atoms with E-state index in [4.69, 9.17) is 4.42 Å². The van der Waals surface area contributed by atoms with Gasteiger partial charge in [-0.3, -0.25) is 0 Å². The average molecular weight is 740 g/mol. The second kappa shape index (κ2) is 14.1. The standard InChI is InChI=1S/C56H37NO/c1-2-12-38(13-3-1)39-24-26-40(27-25-39)44-17-10-18-47(36-44)57(46-32-28-41(29-33-46)45-31-35-55-52(37-45)50-21-8-9-23-54(50)58-55)53-34-30-43-15-5-7-20-49(43)56(53)51-22-11-16-42-14-4-6-19-48(42)51/h1-37H. The van der Waals surface area contributed by atoms with Crippen molar-refractivity contribution in [1.29, 1.82) is 0 Å². The largest absolute Gasteiger partial charge is 0.456 e. The van der Waals surface area contributed by atoms with Crippen molar-refractivity contribution >= 4 is 60.5 Å². The van der Waals surface area contributed by atoms with E-state index in [1.807, 2.05) is 12.1 Å². The lowest BCUT2D eigenvalue weighted by Crippen LogP contribution is -2.11. The van der Waals surface area contributed by atoms with E-state index < -0.39 is 0 Å². The van der Waals surface area contributed by atoms with E-state index in [1.165, 1.54) is 49.4 Å². The number of nitrogens with zero attached hydrogens (tertiary/aromatic N) is 1. The van der Waals surface area contributed by atoms with Gasteiger partial charge in [-0.1, -0.05) is 176 Å². The number of fused-ring (bicyclic) bond motifs is 5. The molecule has 0 fully saturated rings. The van der Waals surface area contributed by atoms with Crippen LogP contribution in [0.2, 0.25) is 0 Å². The topological polar surface area (TPSA) is 16.4 Å². The molecule has 58 heavy (non-hydrogen) atoms. The third kappa shape index (κ3) is 5.91. The van der Waals surface area contributed by atoms with Crippen LogP contribution in [-0.4, -0.2) is 0 Å². The van der Waals surface area contributed by atoms with Gasteiger partial charge in [0, 0.05) is 27.7 Å². The third-order valence-corrected chi connectivity index (χ3v) is 11.5. The van der Waals surface area contributed by atoms with Crippen LogP contribution >= 0.6 is 0 Å². The molecule has 272 valence electrons. The first-order chi connectivity index (χ1) is 28.7.